The topological polar surface area (TPSA) is 123 Å². The number of hydrogen-bond acceptors (Lipinski definition) is 7. The molecule has 0 bridgehead atoms. The van der Waals surface area contributed by atoms with Gasteiger partial charge in [0.05, 0.1) is 31.3 Å². The lowest BCUT2D eigenvalue weighted by atomic mass is 9.81. The van der Waals surface area contributed by atoms with E-state index < -0.39 is 23.1 Å². The van der Waals surface area contributed by atoms with E-state index in [9.17, 15) is 14.4 Å². The van der Waals surface area contributed by atoms with Crippen molar-refractivity contribution in [3.8, 4) is 11.5 Å². The number of aromatic nitrogens is 2. The molecule has 0 spiro atoms. The molecule has 3 N–H and O–H groups in total. The summed E-state index contributed by atoms with van der Waals surface area (Å²) in [6.45, 7) is 5.21. The second-order valence-corrected chi connectivity index (χ2v) is 6.26. The Kier molecular flexibility index (Phi) is 5.58. The van der Waals surface area contributed by atoms with Crippen LogP contribution in [-0.2, 0) is 9.53 Å². The molecule has 0 saturated carbocycles. The number of allylic oxidation sites excluding steroid dienone is 1. The molecule has 0 saturated heterocycles. The van der Waals surface area contributed by atoms with Gasteiger partial charge in [-0.2, -0.15) is 0 Å². The largest absolute Gasteiger partial charge is 0.493 e. The highest BCUT2D eigenvalue weighted by Gasteiger charge is 2.38. The summed E-state index contributed by atoms with van der Waals surface area (Å²) < 4.78 is 16.1. The Morgan fingerprint density at radius 1 is 1.21 bits per heavy atom. The third-order valence-corrected chi connectivity index (χ3v) is 4.57. The van der Waals surface area contributed by atoms with Crippen LogP contribution in [0.15, 0.2) is 51.7 Å². The zero-order valence-corrected chi connectivity index (χ0v) is 16.3. The maximum absolute atomic E-state index is 12.9. The number of ether oxygens (including phenoxy) is 3. The monoisotopic (exact) mass is 399 g/mol. The van der Waals surface area contributed by atoms with Crippen molar-refractivity contribution in [1.82, 2.24) is 9.97 Å². The number of nitrogens with one attached hydrogen (secondary N) is 3. The Bertz CT molecular complexity index is 1110. The zero-order valence-electron chi connectivity index (χ0n) is 16.3. The van der Waals surface area contributed by atoms with Crippen LogP contribution < -0.4 is 26.0 Å². The zero-order chi connectivity index (χ0) is 21.1. The van der Waals surface area contributed by atoms with Crippen molar-refractivity contribution in [1.29, 1.82) is 0 Å². The molecule has 0 amide bonds. The molecule has 0 fully saturated rings. The Labute approximate surface area is 166 Å². The molecular formula is C20H21N3O6. The summed E-state index contributed by atoms with van der Waals surface area (Å²) in [5, 5.41) is 2.92. The molecule has 152 valence electrons. The molecule has 2 aromatic rings. The summed E-state index contributed by atoms with van der Waals surface area (Å²) in [4.78, 5) is 42.2. The van der Waals surface area contributed by atoms with Crippen molar-refractivity contribution < 1.29 is 19.0 Å². The molecule has 0 unspecified atom stereocenters. The predicted molar refractivity (Wildman–Crippen MR) is 107 cm³/mol. The van der Waals surface area contributed by atoms with Gasteiger partial charge >= 0.3 is 11.7 Å². The molecule has 1 aliphatic rings. The molecule has 29 heavy (non-hydrogen) atoms. The highest BCUT2D eigenvalue weighted by Crippen LogP contribution is 2.45. The van der Waals surface area contributed by atoms with Gasteiger partial charge in [-0.15, -0.1) is 0 Å². The molecule has 9 heteroatoms. The van der Waals surface area contributed by atoms with Crippen molar-refractivity contribution in [2.75, 3.05) is 26.1 Å². The number of hydrogen-bond donors (Lipinski definition) is 3. The molecule has 1 aliphatic heterocycles. The number of esters is 1. The molecule has 1 aromatic carbocycles. The highest BCUT2D eigenvalue weighted by atomic mass is 16.5. The van der Waals surface area contributed by atoms with Crippen molar-refractivity contribution in [3.05, 3.63) is 74.1 Å². The molecule has 0 aliphatic carbocycles. The number of para-hydroxylation sites is 1. The van der Waals surface area contributed by atoms with E-state index in [1.807, 2.05) is 0 Å². The molecular weight excluding hydrogens is 378 g/mol. The number of H-pyrrole nitrogens is 2. The Morgan fingerprint density at radius 2 is 1.97 bits per heavy atom. The van der Waals surface area contributed by atoms with Crippen LogP contribution >= 0.6 is 0 Å². The number of carbonyl (C=O) groups is 1. The summed E-state index contributed by atoms with van der Waals surface area (Å²) in [5.74, 6) is -0.496. The Balaban J connectivity index is 2.33. The van der Waals surface area contributed by atoms with Crippen LogP contribution in [0.3, 0.4) is 0 Å². The van der Waals surface area contributed by atoms with Gasteiger partial charge in [0.1, 0.15) is 12.4 Å². The second-order valence-electron chi connectivity index (χ2n) is 6.26. The third-order valence-electron chi connectivity index (χ3n) is 4.57. The van der Waals surface area contributed by atoms with Gasteiger partial charge in [-0.05, 0) is 13.0 Å². The average molecular weight is 399 g/mol. The van der Waals surface area contributed by atoms with Crippen LogP contribution in [0.2, 0.25) is 0 Å². The average Bonchev–Trinajstić information content (AvgIpc) is 2.69. The lowest BCUT2D eigenvalue weighted by Gasteiger charge is -2.29. The number of anilines is 1. The lowest BCUT2D eigenvalue weighted by molar-refractivity contribution is -0.138. The maximum atomic E-state index is 12.9. The quantitative estimate of drug-likeness (QED) is 0.498. The smallest absolute Gasteiger partial charge is 0.337 e. The van der Waals surface area contributed by atoms with Gasteiger partial charge in [-0.1, -0.05) is 24.8 Å². The molecule has 2 heterocycles. The fraction of sp³-hybridized carbons (Fsp3) is 0.250. The second kappa shape index (κ2) is 8.09. The SMILES string of the molecule is C=CCOC(=O)C1=C(C)Nc2[nH]c(=O)[nH]c(=O)c2[C@@H]1c1cccc(OC)c1OC. The number of fused-ring (bicyclic) bond motifs is 1. The van der Waals surface area contributed by atoms with Crippen molar-refractivity contribution in [2.24, 2.45) is 0 Å². The van der Waals surface area contributed by atoms with Gasteiger partial charge in [0, 0.05) is 11.3 Å². The number of rotatable bonds is 6. The first-order chi connectivity index (χ1) is 13.9. The number of benzene rings is 1. The molecule has 0 radical (unpaired) electrons. The standard InChI is InChI=1S/C20H21N3O6/c1-5-9-29-19(25)13-10(2)21-17-15(18(24)23-20(26)22-17)14(13)11-7-6-8-12(27-3)16(11)28-4/h5-8,14H,1,9H2,2-4H3,(H3,21,22,23,24,26)/t14-/m1/s1. The van der Waals surface area contributed by atoms with Gasteiger partial charge in [-0.3, -0.25) is 14.8 Å². The molecule has 1 aromatic heterocycles. The fourth-order valence-corrected chi connectivity index (χ4v) is 3.42. The summed E-state index contributed by atoms with van der Waals surface area (Å²) in [6, 6.07) is 5.15. The third kappa shape index (κ3) is 3.54. The maximum Gasteiger partial charge on any atom is 0.337 e. The lowest BCUT2D eigenvalue weighted by Crippen LogP contribution is -2.35. The van der Waals surface area contributed by atoms with E-state index in [2.05, 4.69) is 21.9 Å². The van der Waals surface area contributed by atoms with E-state index in [1.54, 1.807) is 25.1 Å². The van der Waals surface area contributed by atoms with Crippen LogP contribution in [0.5, 0.6) is 11.5 Å². The van der Waals surface area contributed by atoms with Gasteiger partial charge < -0.3 is 19.5 Å². The van der Waals surface area contributed by atoms with Crippen LogP contribution in [0.25, 0.3) is 0 Å². The van der Waals surface area contributed by atoms with Crippen LogP contribution in [0.1, 0.15) is 24.0 Å². The fourth-order valence-electron chi connectivity index (χ4n) is 3.42. The number of aromatic amines is 2. The van der Waals surface area contributed by atoms with E-state index in [0.29, 0.717) is 22.8 Å². The van der Waals surface area contributed by atoms with Crippen molar-refractivity contribution in [2.45, 2.75) is 12.8 Å². The van der Waals surface area contributed by atoms with Gasteiger partial charge in [0.2, 0.25) is 0 Å². The van der Waals surface area contributed by atoms with E-state index in [4.69, 9.17) is 14.2 Å². The van der Waals surface area contributed by atoms with Crippen LogP contribution in [0.4, 0.5) is 5.82 Å². The predicted octanol–water partition coefficient (Wildman–Crippen LogP) is 1.64. The minimum atomic E-state index is -0.866. The summed E-state index contributed by atoms with van der Waals surface area (Å²) >= 11 is 0. The van der Waals surface area contributed by atoms with E-state index in [1.165, 1.54) is 20.3 Å². The minimum absolute atomic E-state index is 0.00637. The normalized spacial score (nSPS) is 15.2. The van der Waals surface area contributed by atoms with Crippen LogP contribution in [0, 0.1) is 0 Å². The summed E-state index contributed by atoms with van der Waals surface area (Å²) in [7, 11) is 2.95. The van der Waals surface area contributed by atoms with Gasteiger partial charge in [0.15, 0.2) is 11.5 Å². The van der Waals surface area contributed by atoms with Crippen molar-refractivity contribution in [3.63, 3.8) is 0 Å². The van der Waals surface area contributed by atoms with Crippen molar-refractivity contribution >= 4 is 11.8 Å². The first-order valence-corrected chi connectivity index (χ1v) is 8.76. The van der Waals surface area contributed by atoms with Gasteiger partial charge in [-0.25, -0.2) is 9.59 Å². The molecule has 9 nitrogen and oxygen atoms in total. The molecule has 3 rings (SSSR count). The summed E-state index contributed by atoms with van der Waals surface area (Å²) in [6.07, 6.45) is 1.45. The highest BCUT2D eigenvalue weighted by molar-refractivity contribution is 5.94. The first-order valence-electron chi connectivity index (χ1n) is 8.76. The molecule has 1 atom stereocenters. The Morgan fingerprint density at radius 3 is 2.62 bits per heavy atom. The summed E-state index contributed by atoms with van der Waals surface area (Å²) in [5.41, 5.74) is 0.0197. The first kappa shape index (κ1) is 20.0. The van der Waals surface area contributed by atoms with E-state index >= 15 is 0 Å². The van der Waals surface area contributed by atoms with Crippen LogP contribution in [-0.4, -0.2) is 36.8 Å². The van der Waals surface area contributed by atoms with E-state index in [-0.39, 0.29) is 23.6 Å². The number of methoxy groups -OCH3 is 2. The minimum Gasteiger partial charge on any atom is -0.493 e. The van der Waals surface area contributed by atoms with E-state index in [0.717, 1.165) is 0 Å². The Hall–Kier alpha value is -3.75. The van der Waals surface area contributed by atoms with Gasteiger partial charge in [0.25, 0.3) is 5.56 Å². The number of carbonyl (C=O) groups excluding carboxylic acids is 1.